The number of aromatic nitrogens is 1. The maximum Gasteiger partial charge on any atom is 0.191 e. The van der Waals surface area contributed by atoms with Crippen LogP contribution in [0.1, 0.15) is 43.4 Å². The summed E-state index contributed by atoms with van der Waals surface area (Å²) in [4.78, 5) is 4.29. The zero-order valence-electron chi connectivity index (χ0n) is 16.6. The Labute approximate surface area is 156 Å². The van der Waals surface area contributed by atoms with Crippen LogP contribution in [0.15, 0.2) is 33.8 Å². The third-order valence-corrected chi connectivity index (χ3v) is 3.91. The summed E-state index contributed by atoms with van der Waals surface area (Å²) in [5.74, 6) is 2.52. The third-order valence-electron chi connectivity index (χ3n) is 3.91. The van der Waals surface area contributed by atoms with E-state index in [1.807, 2.05) is 52.8 Å². The molecule has 0 spiro atoms. The molecule has 2 aromatic rings. The molecule has 0 aliphatic carbocycles. The van der Waals surface area contributed by atoms with Crippen molar-refractivity contribution in [3.05, 3.63) is 46.8 Å². The number of para-hydroxylation sites is 1. The molecule has 1 heterocycles. The zero-order chi connectivity index (χ0) is 19.2. The van der Waals surface area contributed by atoms with E-state index in [2.05, 4.69) is 26.8 Å². The van der Waals surface area contributed by atoms with Crippen molar-refractivity contribution in [1.82, 2.24) is 15.8 Å². The molecule has 2 rings (SSSR count). The molecule has 0 unspecified atom stereocenters. The predicted molar refractivity (Wildman–Crippen MR) is 105 cm³/mol. The SMILES string of the molecule is CN=C(NCCc1c(C)noc1C)NCc1ccccc1OC(C)(C)C. The van der Waals surface area contributed by atoms with E-state index in [1.54, 1.807) is 7.05 Å². The van der Waals surface area contributed by atoms with E-state index >= 15 is 0 Å². The van der Waals surface area contributed by atoms with Gasteiger partial charge in [-0.05, 0) is 47.1 Å². The lowest BCUT2D eigenvalue weighted by Crippen LogP contribution is -2.38. The van der Waals surface area contributed by atoms with Crippen LogP contribution in [0.5, 0.6) is 5.75 Å². The second-order valence-electron chi connectivity index (χ2n) is 7.23. The summed E-state index contributed by atoms with van der Waals surface area (Å²) >= 11 is 0. The molecule has 6 nitrogen and oxygen atoms in total. The van der Waals surface area contributed by atoms with E-state index < -0.39 is 0 Å². The lowest BCUT2D eigenvalue weighted by molar-refractivity contribution is 0.129. The monoisotopic (exact) mass is 358 g/mol. The van der Waals surface area contributed by atoms with E-state index in [-0.39, 0.29) is 5.60 Å². The van der Waals surface area contributed by atoms with Crippen LogP contribution in [0.3, 0.4) is 0 Å². The summed E-state index contributed by atoms with van der Waals surface area (Å²) in [6.45, 7) is 11.4. The summed E-state index contributed by atoms with van der Waals surface area (Å²) in [7, 11) is 1.77. The maximum atomic E-state index is 6.04. The molecule has 1 aromatic carbocycles. The minimum absolute atomic E-state index is 0.232. The second-order valence-corrected chi connectivity index (χ2v) is 7.23. The average Bonchev–Trinajstić information content (AvgIpc) is 2.89. The van der Waals surface area contributed by atoms with E-state index in [9.17, 15) is 0 Å². The molecule has 2 N–H and O–H groups in total. The van der Waals surface area contributed by atoms with Crippen molar-refractivity contribution >= 4 is 5.96 Å². The van der Waals surface area contributed by atoms with Crippen molar-refractivity contribution in [2.45, 2.75) is 53.2 Å². The topological polar surface area (TPSA) is 71.7 Å². The summed E-state index contributed by atoms with van der Waals surface area (Å²) < 4.78 is 11.2. The molecular formula is C20H30N4O2. The van der Waals surface area contributed by atoms with Crippen molar-refractivity contribution in [2.24, 2.45) is 4.99 Å². The first-order valence-corrected chi connectivity index (χ1v) is 8.93. The Morgan fingerprint density at radius 2 is 1.92 bits per heavy atom. The van der Waals surface area contributed by atoms with Gasteiger partial charge in [0.25, 0.3) is 0 Å². The Hall–Kier alpha value is -2.50. The van der Waals surface area contributed by atoms with Gasteiger partial charge in [-0.2, -0.15) is 0 Å². The second kappa shape index (κ2) is 8.74. The molecule has 0 atom stereocenters. The normalized spacial score (nSPS) is 12.2. The molecule has 26 heavy (non-hydrogen) atoms. The summed E-state index contributed by atoms with van der Waals surface area (Å²) in [6, 6.07) is 8.06. The van der Waals surface area contributed by atoms with Gasteiger partial charge in [0.1, 0.15) is 17.1 Å². The Morgan fingerprint density at radius 1 is 1.19 bits per heavy atom. The molecule has 0 fully saturated rings. The molecule has 0 saturated carbocycles. The summed E-state index contributed by atoms with van der Waals surface area (Å²) in [5, 5.41) is 10.7. The molecular weight excluding hydrogens is 328 g/mol. The largest absolute Gasteiger partial charge is 0.488 e. The van der Waals surface area contributed by atoms with Crippen molar-refractivity contribution < 1.29 is 9.26 Å². The lowest BCUT2D eigenvalue weighted by atomic mass is 10.1. The molecule has 0 radical (unpaired) electrons. The fourth-order valence-corrected chi connectivity index (χ4v) is 2.64. The summed E-state index contributed by atoms with van der Waals surface area (Å²) in [5.41, 5.74) is 2.96. The van der Waals surface area contributed by atoms with E-state index in [4.69, 9.17) is 9.26 Å². The molecule has 142 valence electrons. The number of nitrogens with one attached hydrogen (secondary N) is 2. The number of benzene rings is 1. The van der Waals surface area contributed by atoms with Crippen molar-refractivity contribution in [3.8, 4) is 5.75 Å². The fourth-order valence-electron chi connectivity index (χ4n) is 2.64. The van der Waals surface area contributed by atoms with Gasteiger partial charge in [0.05, 0.1) is 5.69 Å². The quantitative estimate of drug-likeness (QED) is 0.612. The summed E-state index contributed by atoms with van der Waals surface area (Å²) in [6.07, 6.45) is 0.839. The highest BCUT2D eigenvalue weighted by atomic mass is 16.5. The smallest absolute Gasteiger partial charge is 0.191 e. The highest BCUT2D eigenvalue weighted by Crippen LogP contribution is 2.22. The van der Waals surface area contributed by atoms with Gasteiger partial charge in [0.2, 0.25) is 0 Å². The van der Waals surface area contributed by atoms with Crippen LogP contribution in [0.4, 0.5) is 0 Å². The number of rotatable bonds is 6. The molecule has 0 aliphatic rings. The van der Waals surface area contributed by atoms with Crippen molar-refractivity contribution in [1.29, 1.82) is 0 Å². The predicted octanol–water partition coefficient (Wildman–Crippen LogP) is 3.38. The minimum Gasteiger partial charge on any atom is -0.488 e. The number of guanidine groups is 1. The first-order valence-electron chi connectivity index (χ1n) is 8.93. The highest BCUT2D eigenvalue weighted by molar-refractivity contribution is 5.79. The fraction of sp³-hybridized carbons (Fsp3) is 0.500. The minimum atomic E-state index is -0.232. The Bertz CT molecular complexity index is 725. The number of ether oxygens (including phenoxy) is 1. The maximum absolute atomic E-state index is 6.04. The number of hydrogen-bond acceptors (Lipinski definition) is 4. The van der Waals surface area contributed by atoms with Gasteiger partial charge in [0, 0.05) is 31.3 Å². The average molecular weight is 358 g/mol. The van der Waals surface area contributed by atoms with Crippen LogP contribution in [0.2, 0.25) is 0 Å². The molecule has 0 aliphatic heterocycles. The molecule has 6 heteroatoms. The van der Waals surface area contributed by atoms with Crippen LogP contribution in [-0.4, -0.2) is 30.3 Å². The zero-order valence-corrected chi connectivity index (χ0v) is 16.6. The van der Waals surface area contributed by atoms with Gasteiger partial charge in [-0.15, -0.1) is 0 Å². The van der Waals surface area contributed by atoms with Crippen LogP contribution in [0, 0.1) is 13.8 Å². The number of hydrogen-bond donors (Lipinski definition) is 2. The Morgan fingerprint density at radius 3 is 2.54 bits per heavy atom. The molecule has 1 aromatic heterocycles. The van der Waals surface area contributed by atoms with Gasteiger partial charge in [0.15, 0.2) is 5.96 Å². The van der Waals surface area contributed by atoms with Gasteiger partial charge in [-0.3, -0.25) is 4.99 Å². The Kier molecular flexibility index (Phi) is 6.66. The highest BCUT2D eigenvalue weighted by Gasteiger charge is 2.14. The molecule has 0 amide bonds. The van der Waals surface area contributed by atoms with Gasteiger partial charge < -0.3 is 19.9 Å². The van der Waals surface area contributed by atoms with Crippen LogP contribution in [0.25, 0.3) is 0 Å². The van der Waals surface area contributed by atoms with Crippen LogP contribution >= 0.6 is 0 Å². The first-order chi connectivity index (χ1) is 12.3. The van der Waals surface area contributed by atoms with Gasteiger partial charge in [-0.25, -0.2) is 0 Å². The van der Waals surface area contributed by atoms with Crippen molar-refractivity contribution in [3.63, 3.8) is 0 Å². The number of aliphatic imine (C=N–C) groups is 1. The van der Waals surface area contributed by atoms with Crippen molar-refractivity contribution in [2.75, 3.05) is 13.6 Å². The Balaban J connectivity index is 1.89. The first kappa shape index (κ1) is 19.8. The lowest BCUT2D eigenvalue weighted by Gasteiger charge is -2.23. The van der Waals surface area contributed by atoms with Crippen LogP contribution < -0.4 is 15.4 Å². The van der Waals surface area contributed by atoms with Gasteiger partial charge in [-0.1, -0.05) is 23.4 Å². The van der Waals surface area contributed by atoms with E-state index in [0.717, 1.165) is 47.3 Å². The van der Waals surface area contributed by atoms with E-state index in [0.29, 0.717) is 6.54 Å². The third kappa shape index (κ3) is 5.79. The molecule has 0 bridgehead atoms. The standard InChI is InChI=1S/C20H30N4O2/c1-14-17(15(2)26-24-14)11-12-22-19(21-6)23-13-16-9-7-8-10-18(16)25-20(3,4)5/h7-10H,11-13H2,1-6H3,(H2,21,22,23). The van der Waals surface area contributed by atoms with E-state index in [1.165, 1.54) is 0 Å². The van der Waals surface area contributed by atoms with Gasteiger partial charge >= 0.3 is 0 Å². The van der Waals surface area contributed by atoms with Crippen LogP contribution in [-0.2, 0) is 13.0 Å². The molecule has 0 saturated heterocycles. The number of nitrogens with zero attached hydrogens (tertiary/aromatic N) is 2. The number of aryl methyl sites for hydroxylation is 2.